The van der Waals surface area contributed by atoms with E-state index < -0.39 is 35.6 Å². The van der Waals surface area contributed by atoms with E-state index >= 15 is 0 Å². The number of aromatic nitrogens is 1. The average molecular weight is 256 g/mol. The highest BCUT2D eigenvalue weighted by atomic mass is 19.4. The summed E-state index contributed by atoms with van der Waals surface area (Å²) in [7, 11) is 0. The highest BCUT2D eigenvalue weighted by Crippen LogP contribution is 2.30. The fourth-order valence-corrected chi connectivity index (χ4v) is 0.988. The minimum atomic E-state index is -5.15. The Bertz CT molecular complexity index is 433. The molecule has 0 aliphatic rings. The van der Waals surface area contributed by atoms with Crippen LogP contribution in [0.2, 0.25) is 0 Å². The molecule has 0 saturated carbocycles. The van der Waals surface area contributed by atoms with Crippen molar-refractivity contribution in [2.24, 2.45) is 0 Å². The standard InChI is InChI=1S/C8H5F5N2O2/c9-6(10)5-1-4(14)3(2-16)7(15-5)17-8(11,12)13/h1-2,6H,(H2,14,15). The molecule has 0 saturated heterocycles. The Balaban J connectivity index is 3.29. The Morgan fingerprint density at radius 1 is 1.41 bits per heavy atom. The van der Waals surface area contributed by atoms with Gasteiger partial charge in [-0.05, 0) is 6.07 Å². The molecule has 94 valence electrons. The molecule has 1 rings (SSSR count). The smallest absolute Gasteiger partial charge is 0.398 e. The number of rotatable bonds is 3. The molecular weight excluding hydrogens is 251 g/mol. The van der Waals surface area contributed by atoms with Gasteiger partial charge >= 0.3 is 6.36 Å². The number of hydrogen-bond acceptors (Lipinski definition) is 4. The molecule has 1 heterocycles. The maximum Gasteiger partial charge on any atom is 0.574 e. The molecule has 2 N–H and O–H groups in total. The minimum Gasteiger partial charge on any atom is -0.398 e. The van der Waals surface area contributed by atoms with Gasteiger partial charge in [-0.15, -0.1) is 13.2 Å². The lowest BCUT2D eigenvalue weighted by Gasteiger charge is -2.12. The van der Waals surface area contributed by atoms with Gasteiger partial charge < -0.3 is 10.5 Å². The number of carbonyl (C=O) groups is 1. The second-order valence-electron chi connectivity index (χ2n) is 2.82. The maximum atomic E-state index is 12.3. The van der Waals surface area contributed by atoms with Crippen LogP contribution in [0.3, 0.4) is 0 Å². The lowest BCUT2D eigenvalue weighted by atomic mass is 10.2. The molecule has 17 heavy (non-hydrogen) atoms. The lowest BCUT2D eigenvalue weighted by Crippen LogP contribution is -2.20. The van der Waals surface area contributed by atoms with Crippen LogP contribution in [0, 0.1) is 0 Å². The second-order valence-corrected chi connectivity index (χ2v) is 2.82. The second kappa shape index (κ2) is 4.52. The van der Waals surface area contributed by atoms with Gasteiger partial charge in [0.15, 0.2) is 6.29 Å². The van der Waals surface area contributed by atoms with Crippen molar-refractivity contribution in [3.05, 3.63) is 17.3 Å². The number of ether oxygens (including phenoxy) is 1. The first-order chi connectivity index (χ1) is 7.74. The fraction of sp³-hybridized carbons (Fsp3) is 0.250. The van der Waals surface area contributed by atoms with Crippen molar-refractivity contribution in [3.8, 4) is 5.88 Å². The SMILES string of the molecule is Nc1cc(C(F)F)nc(OC(F)(F)F)c1C=O. The summed E-state index contributed by atoms with van der Waals surface area (Å²) < 4.78 is 63.6. The van der Waals surface area contributed by atoms with Crippen molar-refractivity contribution in [2.45, 2.75) is 12.8 Å². The number of anilines is 1. The van der Waals surface area contributed by atoms with Gasteiger partial charge in [0.2, 0.25) is 5.88 Å². The highest BCUT2D eigenvalue weighted by Gasteiger charge is 2.34. The Morgan fingerprint density at radius 3 is 2.41 bits per heavy atom. The molecule has 0 amide bonds. The molecule has 0 atom stereocenters. The van der Waals surface area contributed by atoms with Crippen molar-refractivity contribution in [1.29, 1.82) is 0 Å². The number of halogens is 5. The first-order valence-electron chi connectivity index (χ1n) is 4.04. The number of hydrogen-bond donors (Lipinski definition) is 1. The summed E-state index contributed by atoms with van der Waals surface area (Å²) in [6, 6.07) is 0.609. The summed E-state index contributed by atoms with van der Waals surface area (Å²) in [5.74, 6) is -1.29. The van der Waals surface area contributed by atoms with Crippen LogP contribution in [0.15, 0.2) is 6.07 Å². The predicted octanol–water partition coefficient (Wildman–Crippen LogP) is 2.31. The average Bonchev–Trinajstić information content (AvgIpc) is 2.14. The third-order valence-corrected chi connectivity index (χ3v) is 1.63. The molecule has 0 radical (unpaired) electrons. The van der Waals surface area contributed by atoms with Crippen LogP contribution >= 0.6 is 0 Å². The molecule has 1 aromatic heterocycles. The molecule has 0 bridgehead atoms. The highest BCUT2D eigenvalue weighted by molar-refractivity contribution is 5.86. The number of pyridine rings is 1. The molecule has 0 aliphatic carbocycles. The topological polar surface area (TPSA) is 65.2 Å². The lowest BCUT2D eigenvalue weighted by molar-refractivity contribution is -0.276. The van der Waals surface area contributed by atoms with E-state index in [4.69, 9.17) is 5.73 Å². The zero-order valence-electron chi connectivity index (χ0n) is 7.96. The first-order valence-corrected chi connectivity index (χ1v) is 4.04. The number of aldehydes is 1. The molecule has 0 aliphatic heterocycles. The van der Waals surface area contributed by atoms with Gasteiger partial charge in [-0.2, -0.15) is 0 Å². The van der Waals surface area contributed by atoms with Gasteiger partial charge in [-0.1, -0.05) is 0 Å². The summed E-state index contributed by atoms with van der Waals surface area (Å²) in [6.07, 6.45) is -8.34. The summed E-state index contributed by atoms with van der Waals surface area (Å²) in [6.45, 7) is 0. The van der Waals surface area contributed by atoms with E-state index in [9.17, 15) is 26.7 Å². The van der Waals surface area contributed by atoms with Crippen LogP contribution in [-0.4, -0.2) is 17.6 Å². The van der Waals surface area contributed by atoms with E-state index in [0.29, 0.717) is 6.07 Å². The van der Waals surface area contributed by atoms with Gasteiger partial charge in [0.1, 0.15) is 5.69 Å². The molecule has 4 nitrogen and oxygen atoms in total. The van der Waals surface area contributed by atoms with Gasteiger partial charge in [0, 0.05) is 5.69 Å². The van der Waals surface area contributed by atoms with Crippen LogP contribution in [0.1, 0.15) is 22.5 Å². The van der Waals surface area contributed by atoms with E-state index in [1.165, 1.54) is 0 Å². The quantitative estimate of drug-likeness (QED) is 0.665. The number of nitrogens with zero attached hydrogens (tertiary/aromatic N) is 1. The molecule has 0 aromatic carbocycles. The van der Waals surface area contributed by atoms with E-state index in [1.807, 2.05) is 0 Å². The molecule has 0 unspecified atom stereocenters. The van der Waals surface area contributed by atoms with Gasteiger partial charge in [-0.3, -0.25) is 4.79 Å². The van der Waals surface area contributed by atoms with Crippen molar-refractivity contribution in [1.82, 2.24) is 4.98 Å². The number of carbonyl (C=O) groups excluding carboxylic acids is 1. The molecule has 0 spiro atoms. The zero-order valence-corrected chi connectivity index (χ0v) is 7.96. The van der Waals surface area contributed by atoms with Crippen molar-refractivity contribution >= 4 is 12.0 Å². The summed E-state index contributed by atoms with van der Waals surface area (Å²) in [5, 5.41) is 0. The monoisotopic (exact) mass is 256 g/mol. The van der Waals surface area contributed by atoms with Crippen LogP contribution in [-0.2, 0) is 0 Å². The Kier molecular flexibility index (Phi) is 3.49. The van der Waals surface area contributed by atoms with E-state index in [-0.39, 0.29) is 6.29 Å². The van der Waals surface area contributed by atoms with Crippen LogP contribution in [0.4, 0.5) is 27.6 Å². The van der Waals surface area contributed by atoms with Crippen LogP contribution < -0.4 is 10.5 Å². The largest absolute Gasteiger partial charge is 0.574 e. The summed E-state index contributed by atoms with van der Waals surface area (Å²) in [4.78, 5) is 13.3. The van der Waals surface area contributed by atoms with Crippen LogP contribution in [0.5, 0.6) is 5.88 Å². The van der Waals surface area contributed by atoms with Crippen molar-refractivity contribution < 1.29 is 31.5 Å². The third-order valence-electron chi connectivity index (χ3n) is 1.63. The van der Waals surface area contributed by atoms with E-state index in [1.54, 1.807) is 0 Å². The first kappa shape index (κ1) is 13.1. The van der Waals surface area contributed by atoms with Gasteiger partial charge in [0.25, 0.3) is 6.43 Å². The molecule has 0 fully saturated rings. The molecule has 9 heteroatoms. The van der Waals surface area contributed by atoms with E-state index in [0.717, 1.165) is 0 Å². The normalized spacial score (nSPS) is 11.6. The number of nitrogens with two attached hydrogens (primary N) is 1. The van der Waals surface area contributed by atoms with Crippen LogP contribution in [0.25, 0.3) is 0 Å². The Labute approximate surface area is 91.2 Å². The zero-order chi connectivity index (χ0) is 13.2. The Morgan fingerprint density at radius 2 is 2.00 bits per heavy atom. The van der Waals surface area contributed by atoms with Gasteiger partial charge in [0.05, 0.1) is 5.56 Å². The minimum absolute atomic E-state index is 0.0569. The fourth-order valence-electron chi connectivity index (χ4n) is 0.988. The number of nitrogen functional groups attached to an aromatic ring is 1. The summed E-state index contributed by atoms with van der Waals surface area (Å²) in [5.41, 5.74) is 2.84. The predicted molar refractivity (Wildman–Crippen MR) is 45.7 cm³/mol. The summed E-state index contributed by atoms with van der Waals surface area (Å²) >= 11 is 0. The maximum absolute atomic E-state index is 12.3. The number of alkyl halides is 5. The third kappa shape index (κ3) is 3.26. The molecule has 1 aromatic rings. The molecular formula is C8H5F5N2O2. The van der Waals surface area contributed by atoms with Gasteiger partial charge in [-0.25, -0.2) is 13.8 Å². The van der Waals surface area contributed by atoms with Crippen molar-refractivity contribution in [3.63, 3.8) is 0 Å². The van der Waals surface area contributed by atoms with Crippen molar-refractivity contribution in [2.75, 3.05) is 5.73 Å². The Hall–Kier alpha value is -1.93. The van der Waals surface area contributed by atoms with E-state index in [2.05, 4.69) is 9.72 Å².